The Hall–Kier alpha value is -3.27. The van der Waals surface area contributed by atoms with Gasteiger partial charge >= 0.3 is 0 Å². The molecule has 0 bridgehead atoms. The highest BCUT2D eigenvalue weighted by atomic mass is 79.9. The van der Waals surface area contributed by atoms with Gasteiger partial charge in [-0.3, -0.25) is 14.4 Å². The second-order valence-electron chi connectivity index (χ2n) is 8.21. The number of anilines is 2. The molecule has 1 saturated carbocycles. The fourth-order valence-corrected chi connectivity index (χ4v) is 3.63. The Labute approximate surface area is 207 Å². The molecule has 0 saturated heterocycles. The highest BCUT2D eigenvalue weighted by Gasteiger charge is 2.29. The molecule has 1 aliphatic carbocycles. The molecule has 9 nitrogen and oxygen atoms in total. The number of amides is 3. The number of aryl methyl sites for hydroxylation is 1. The van der Waals surface area contributed by atoms with Gasteiger partial charge in [0.05, 0.1) is 17.9 Å². The van der Waals surface area contributed by atoms with Crippen molar-refractivity contribution in [1.29, 1.82) is 0 Å². The lowest BCUT2D eigenvalue weighted by atomic mass is 10.1. The van der Waals surface area contributed by atoms with Crippen LogP contribution in [0.25, 0.3) is 0 Å². The Bertz CT molecular complexity index is 1100. The number of benzene rings is 1. The number of allylic oxidation sites excluding steroid dienone is 1. The van der Waals surface area contributed by atoms with Crippen LogP contribution in [-0.4, -0.2) is 58.1 Å². The average molecular weight is 529 g/mol. The summed E-state index contributed by atoms with van der Waals surface area (Å²) in [6.07, 6.45) is 5.85. The Morgan fingerprint density at radius 1 is 1.26 bits per heavy atom. The fraction of sp³-hybridized carbons (Fsp3) is 0.375. The lowest BCUT2D eigenvalue weighted by molar-refractivity contribution is -0.131. The second kappa shape index (κ2) is 11.7. The summed E-state index contributed by atoms with van der Waals surface area (Å²) in [7, 11) is 1.58. The van der Waals surface area contributed by atoms with Gasteiger partial charge in [-0.05, 0) is 50.0 Å². The number of nitrogens with two attached hydrogens (primary N) is 1. The van der Waals surface area contributed by atoms with E-state index in [0.717, 1.165) is 35.5 Å². The Morgan fingerprint density at radius 2 is 2.03 bits per heavy atom. The summed E-state index contributed by atoms with van der Waals surface area (Å²) >= 11 is 3.21. The first-order chi connectivity index (χ1) is 16.3. The maximum atomic E-state index is 12.1. The van der Waals surface area contributed by atoms with Gasteiger partial charge in [0.25, 0.3) is 5.91 Å². The van der Waals surface area contributed by atoms with Crippen LogP contribution in [0.1, 0.15) is 46.2 Å². The normalized spacial score (nSPS) is 13.0. The minimum absolute atomic E-state index is 0.0155. The predicted octanol–water partition coefficient (Wildman–Crippen LogP) is 2.57. The number of nitrogens with zero attached hydrogens (tertiary/aromatic N) is 3. The number of likely N-dealkylation sites (N-methyl/N-ethyl adjacent to an activating group) is 1. The van der Waals surface area contributed by atoms with Crippen molar-refractivity contribution in [1.82, 2.24) is 20.2 Å². The molecule has 0 radical (unpaired) electrons. The number of carbonyl (C=O) groups excluding carboxylic acids is 3. The minimum atomic E-state index is -0.634. The van der Waals surface area contributed by atoms with E-state index in [1.54, 1.807) is 13.1 Å². The number of primary amides is 1. The Kier molecular flexibility index (Phi) is 8.75. The number of alkyl halides is 1. The van der Waals surface area contributed by atoms with Crippen molar-refractivity contribution in [2.45, 2.75) is 32.1 Å². The smallest absolute Gasteiger partial charge is 0.271 e. The van der Waals surface area contributed by atoms with Crippen LogP contribution in [0.5, 0.6) is 0 Å². The largest absolute Gasteiger partial charge is 0.364 e. The maximum absolute atomic E-state index is 12.1. The second-order valence-corrected chi connectivity index (χ2v) is 8.85. The van der Waals surface area contributed by atoms with Gasteiger partial charge in [0, 0.05) is 30.5 Å². The molecule has 0 aliphatic heterocycles. The van der Waals surface area contributed by atoms with E-state index in [1.807, 2.05) is 31.2 Å². The molecule has 10 heteroatoms. The van der Waals surface area contributed by atoms with E-state index >= 15 is 0 Å². The van der Waals surface area contributed by atoms with E-state index in [4.69, 9.17) is 5.73 Å². The molecule has 1 aromatic heterocycles. The Morgan fingerprint density at radius 3 is 2.71 bits per heavy atom. The van der Waals surface area contributed by atoms with Crippen molar-refractivity contribution in [3.8, 4) is 0 Å². The molecular formula is C24H29BrN6O3. The van der Waals surface area contributed by atoms with Crippen LogP contribution in [0.2, 0.25) is 0 Å². The zero-order valence-corrected chi connectivity index (χ0v) is 20.9. The number of hydrogen-bond donors (Lipinski definition) is 3. The van der Waals surface area contributed by atoms with Crippen molar-refractivity contribution < 1.29 is 14.4 Å². The molecule has 0 spiro atoms. The molecule has 1 heterocycles. The van der Waals surface area contributed by atoms with Gasteiger partial charge in [-0.15, -0.1) is 0 Å². The zero-order valence-electron chi connectivity index (χ0n) is 19.3. The van der Waals surface area contributed by atoms with Crippen molar-refractivity contribution >= 4 is 45.2 Å². The van der Waals surface area contributed by atoms with Crippen molar-refractivity contribution in [2.24, 2.45) is 5.73 Å². The number of aromatic nitrogens is 2. The van der Waals surface area contributed by atoms with Crippen LogP contribution < -0.4 is 16.4 Å². The molecule has 4 N–H and O–H groups in total. The third kappa shape index (κ3) is 7.11. The number of nitrogens with one attached hydrogen (secondary N) is 2. The lowest BCUT2D eigenvalue weighted by Gasteiger charge is -2.15. The molecule has 1 aliphatic rings. The third-order valence-electron chi connectivity index (χ3n) is 5.34. The summed E-state index contributed by atoms with van der Waals surface area (Å²) in [4.78, 5) is 46.3. The van der Waals surface area contributed by atoms with Crippen molar-refractivity contribution in [3.05, 3.63) is 59.1 Å². The zero-order chi connectivity index (χ0) is 24.7. The van der Waals surface area contributed by atoms with Crippen LogP contribution in [0, 0.1) is 6.92 Å². The standard InChI is InChI=1S/C24H29BrN6O3/c1-15-21(17-8-9-17)30-24(22(28-15)23(26)34)29-18-6-3-5-16(13-18)10-12-27-19(32)14-31(2)20(33)7-4-11-25/h3-7,13,17H,8-12,14H2,1-2H3,(H2,26,34)(H,27,32)(H,29,30)/b7-4+. The molecule has 34 heavy (non-hydrogen) atoms. The van der Waals surface area contributed by atoms with Gasteiger partial charge < -0.3 is 21.3 Å². The summed E-state index contributed by atoms with van der Waals surface area (Å²) in [6, 6.07) is 7.63. The van der Waals surface area contributed by atoms with Crippen LogP contribution >= 0.6 is 15.9 Å². The molecule has 1 aromatic carbocycles. The molecule has 3 rings (SSSR count). The first kappa shape index (κ1) is 25.4. The molecular weight excluding hydrogens is 500 g/mol. The predicted molar refractivity (Wildman–Crippen MR) is 134 cm³/mol. The summed E-state index contributed by atoms with van der Waals surface area (Å²) in [6.45, 7) is 2.25. The monoisotopic (exact) mass is 528 g/mol. The van der Waals surface area contributed by atoms with Gasteiger partial charge in [-0.2, -0.15) is 0 Å². The topological polar surface area (TPSA) is 130 Å². The number of hydrogen-bond acceptors (Lipinski definition) is 6. The average Bonchev–Trinajstić information content (AvgIpc) is 3.63. The van der Waals surface area contributed by atoms with E-state index in [1.165, 1.54) is 11.0 Å². The minimum Gasteiger partial charge on any atom is -0.364 e. The third-order valence-corrected chi connectivity index (χ3v) is 5.71. The van der Waals surface area contributed by atoms with E-state index < -0.39 is 5.91 Å². The number of halogens is 1. The SMILES string of the molecule is Cc1nc(C(N)=O)c(Nc2cccc(CCNC(=O)CN(C)C(=O)/C=C/CBr)c2)nc1C1CC1. The van der Waals surface area contributed by atoms with Crippen LogP contribution in [-0.2, 0) is 16.0 Å². The Balaban J connectivity index is 1.59. The van der Waals surface area contributed by atoms with Crippen molar-refractivity contribution in [3.63, 3.8) is 0 Å². The maximum Gasteiger partial charge on any atom is 0.271 e. The van der Waals surface area contributed by atoms with E-state index in [0.29, 0.717) is 30.0 Å². The van der Waals surface area contributed by atoms with Crippen molar-refractivity contribution in [2.75, 3.05) is 30.8 Å². The summed E-state index contributed by atoms with van der Waals surface area (Å²) in [5.74, 6) is -0.351. The summed E-state index contributed by atoms with van der Waals surface area (Å²) < 4.78 is 0. The number of carbonyl (C=O) groups is 3. The first-order valence-corrected chi connectivity index (χ1v) is 12.2. The fourth-order valence-electron chi connectivity index (χ4n) is 3.44. The quantitative estimate of drug-likeness (QED) is 0.303. The summed E-state index contributed by atoms with van der Waals surface area (Å²) in [5, 5.41) is 6.59. The van der Waals surface area contributed by atoms with Gasteiger partial charge in [-0.1, -0.05) is 34.1 Å². The van der Waals surface area contributed by atoms with Crippen LogP contribution in [0.4, 0.5) is 11.5 Å². The van der Waals surface area contributed by atoms with Gasteiger partial charge in [-0.25, -0.2) is 9.97 Å². The highest BCUT2D eigenvalue weighted by molar-refractivity contribution is 9.09. The molecule has 2 aromatic rings. The van der Waals surface area contributed by atoms with Gasteiger partial charge in [0.2, 0.25) is 11.8 Å². The van der Waals surface area contributed by atoms with Crippen LogP contribution in [0.15, 0.2) is 36.4 Å². The highest BCUT2D eigenvalue weighted by Crippen LogP contribution is 2.40. The van der Waals surface area contributed by atoms with Crippen LogP contribution in [0.3, 0.4) is 0 Å². The molecule has 3 amide bonds. The lowest BCUT2D eigenvalue weighted by Crippen LogP contribution is -2.38. The van der Waals surface area contributed by atoms with E-state index in [2.05, 4.69) is 36.5 Å². The first-order valence-electron chi connectivity index (χ1n) is 11.1. The molecule has 0 atom stereocenters. The van der Waals surface area contributed by atoms with E-state index in [9.17, 15) is 14.4 Å². The molecule has 180 valence electrons. The van der Waals surface area contributed by atoms with Gasteiger partial charge in [0.1, 0.15) is 0 Å². The number of rotatable bonds is 11. The van der Waals surface area contributed by atoms with Gasteiger partial charge in [0.15, 0.2) is 11.5 Å². The molecule has 1 fully saturated rings. The van der Waals surface area contributed by atoms with E-state index in [-0.39, 0.29) is 24.1 Å². The summed E-state index contributed by atoms with van der Waals surface area (Å²) in [5.41, 5.74) is 9.01. The molecule has 0 unspecified atom stereocenters.